The largest absolute Gasteiger partial charge is 0.339 e. The number of anilines is 4. The molecule has 0 bridgehead atoms. The maximum Gasteiger partial charge on any atom is 0.296 e. The van der Waals surface area contributed by atoms with Crippen LogP contribution in [0.4, 0.5) is 23.0 Å². The number of nitrogens with one attached hydrogen (secondary N) is 2. The van der Waals surface area contributed by atoms with Crippen molar-refractivity contribution >= 4 is 43.2 Å². The number of para-hydroxylation sites is 2. The Labute approximate surface area is 185 Å². The number of nitrogens with zero attached hydrogens (tertiary/aromatic N) is 2. The Morgan fingerprint density at radius 1 is 0.781 bits per heavy atom. The van der Waals surface area contributed by atoms with E-state index >= 15 is 0 Å². The van der Waals surface area contributed by atoms with Crippen molar-refractivity contribution < 1.29 is 25.9 Å². The minimum absolute atomic E-state index is 0.00783. The van der Waals surface area contributed by atoms with Gasteiger partial charge in [-0.15, -0.1) is 0 Å². The van der Waals surface area contributed by atoms with Crippen LogP contribution in [0.5, 0.6) is 0 Å². The van der Waals surface area contributed by atoms with Crippen LogP contribution in [-0.2, 0) is 20.2 Å². The minimum atomic E-state index is -4.56. The van der Waals surface area contributed by atoms with E-state index < -0.39 is 25.1 Å². The van der Waals surface area contributed by atoms with E-state index in [0.717, 1.165) is 0 Å². The summed E-state index contributed by atoms with van der Waals surface area (Å²) >= 11 is 0. The quantitative estimate of drug-likeness (QED) is 0.387. The first kappa shape index (κ1) is 23.2. The molecule has 0 aliphatic heterocycles. The van der Waals surface area contributed by atoms with Crippen LogP contribution in [0.25, 0.3) is 0 Å². The summed E-state index contributed by atoms with van der Waals surface area (Å²) in [5, 5.41) is 15.2. The highest BCUT2D eigenvalue weighted by atomic mass is 32.2. The van der Waals surface area contributed by atoms with Gasteiger partial charge in [-0.25, -0.2) is 4.98 Å². The summed E-state index contributed by atoms with van der Waals surface area (Å²) in [7, 11) is -9.08. The molecule has 2 aromatic carbocycles. The zero-order valence-corrected chi connectivity index (χ0v) is 18.5. The fourth-order valence-electron chi connectivity index (χ4n) is 2.99. The average Bonchev–Trinajstić information content (AvgIpc) is 2.71. The van der Waals surface area contributed by atoms with Crippen LogP contribution < -0.4 is 10.6 Å². The summed E-state index contributed by atoms with van der Waals surface area (Å²) < 4.78 is 65.8. The van der Waals surface area contributed by atoms with Crippen molar-refractivity contribution in [1.29, 1.82) is 5.26 Å². The molecule has 1 aromatic heterocycles. The molecule has 0 saturated heterocycles. The van der Waals surface area contributed by atoms with E-state index in [1.807, 2.05) is 6.07 Å². The Bertz CT molecular complexity index is 1460. The Hall–Kier alpha value is -3.50. The number of aromatic nitrogens is 1. The van der Waals surface area contributed by atoms with Gasteiger partial charge in [-0.2, -0.15) is 22.1 Å². The summed E-state index contributed by atoms with van der Waals surface area (Å²) in [6.45, 7) is 3.31. The molecule has 1 heterocycles. The lowest BCUT2D eigenvalue weighted by atomic mass is 10.1. The maximum absolute atomic E-state index is 11.7. The summed E-state index contributed by atoms with van der Waals surface area (Å²) in [6, 6.07) is 13.2. The van der Waals surface area contributed by atoms with Crippen molar-refractivity contribution in [2.45, 2.75) is 23.6 Å². The van der Waals surface area contributed by atoms with Crippen molar-refractivity contribution in [3.05, 3.63) is 65.2 Å². The van der Waals surface area contributed by atoms with Crippen LogP contribution in [0.1, 0.15) is 16.7 Å². The van der Waals surface area contributed by atoms with Gasteiger partial charge in [0.15, 0.2) is 5.82 Å². The third kappa shape index (κ3) is 4.71. The monoisotopic (exact) mass is 474 g/mol. The van der Waals surface area contributed by atoms with Crippen molar-refractivity contribution in [3.63, 3.8) is 0 Å². The third-order valence-corrected chi connectivity index (χ3v) is 6.52. The second-order valence-corrected chi connectivity index (χ2v) is 9.52. The summed E-state index contributed by atoms with van der Waals surface area (Å²) in [6.07, 6.45) is 0. The number of nitriles is 1. The molecular formula is C20H18N4O6S2. The SMILES string of the molecule is Cc1c(Nc2ccccc2S(=O)(=O)O)nc(Nc2ccccc2S(=O)(=O)O)c(C#N)c1C. The predicted molar refractivity (Wildman–Crippen MR) is 118 cm³/mol. The van der Waals surface area contributed by atoms with Crippen LogP contribution in [0.15, 0.2) is 58.3 Å². The molecule has 166 valence electrons. The normalized spacial score (nSPS) is 11.6. The first-order chi connectivity index (χ1) is 14.9. The second-order valence-electron chi connectivity index (χ2n) is 6.74. The lowest BCUT2D eigenvalue weighted by Crippen LogP contribution is -2.09. The lowest BCUT2D eigenvalue weighted by Gasteiger charge is -2.18. The van der Waals surface area contributed by atoms with E-state index in [4.69, 9.17) is 0 Å². The van der Waals surface area contributed by atoms with Gasteiger partial charge in [0.25, 0.3) is 20.2 Å². The van der Waals surface area contributed by atoms with Gasteiger partial charge in [-0.1, -0.05) is 24.3 Å². The Morgan fingerprint density at radius 2 is 1.22 bits per heavy atom. The van der Waals surface area contributed by atoms with E-state index in [0.29, 0.717) is 11.1 Å². The fraction of sp³-hybridized carbons (Fsp3) is 0.100. The summed E-state index contributed by atoms with van der Waals surface area (Å²) in [5.41, 5.74) is 1.20. The second kappa shape index (κ2) is 8.56. The van der Waals surface area contributed by atoms with Gasteiger partial charge in [0.1, 0.15) is 21.7 Å². The Kier molecular flexibility index (Phi) is 6.20. The van der Waals surface area contributed by atoms with Gasteiger partial charge in [0.05, 0.1) is 16.9 Å². The van der Waals surface area contributed by atoms with Crippen LogP contribution in [-0.4, -0.2) is 30.9 Å². The number of hydrogen-bond acceptors (Lipinski definition) is 8. The van der Waals surface area contributed by atoms with E-state index in [1.54, 1.807) is 19.9 Å². The van der Waals surface area contributed by atoms with Gasteiger partial charge in [0.2, 0.25) is 0 Å². The number of hydrogen-bond donors (Lipinski definition) is 4. The highest BCUT2D eigenvalue weighted by Crippen LogP contribution is 2.33. The van der Waals surface area contributed by atoms with Gasteiger partial charge >= 0.3 is 0 Å². The van der Waals surface area contributed by atoms with E-state index in [9.17, 15) is 31.2 Å². The van der Waals surface area contributed by atoms with Gasteiger partial charge in [-0.05, 0) is 49.2 Å². The molecule has 0 fully saturated rings. The minimum Gasteiger partial charge on any atom is -0.339 e. The Balaban J connectivity index is 2.16. The molecule has 0 spiro atoms. The first-order valence-corrected chi connectivity index (χ1v) is 11.9. The molecule has 0 amide bonds. The summed E-state index contributed by atoms with van der Waals surface area (Å²) in [4.78, 5) is 3.57. The number of pyridine rings is 1. The lowest BCUT2D eigenvalue weighted by molar-refractivity contribution is 0.481. The Morgan fingerprint density at radius 3 is 1.66 bits per heavy atom. The zero-order chi connectivity index (χ0) is 23.7. The maximum atomic E-state index is 11.7. The van der Waals surface area contributed by atoms with Gasteiger partial charge in [-0.3, -0.25) is 9.11 Å². The standard InChI is InChI=1S/C20H18N4O6S2/c1-12-13(2)19(22-15-7-3-5-9-17(15)31(25,26)27)24-20(14(12)11-21)23-16-8-4-6-10-18(16)32(28,29)30/h3-10H,1-2H3,(H2,22,23,24)(H,25,26,27)(H,28,29,30). The van der Waals surface area contributed by atoms with Crippen molar-refractivity contribution in [3.8, 4) is 6.07 Å². The third-order valence-electron chi connectivity index (χ3n) is 4.70. The van der Waals surface area contributed by atoms with Gasteiger partial charge in [0, 0.05) is 0 Å². The topological polar surface area (TPSA) is 169 Å². The summed E-state index contributed by atoms with van der Waals surface area (Å²) in [5.74, 6) is 0.156. The highest BCUT2D eigenvalue weighted by Gasteiger charge is 2.21. The predicted octanol–water partition coefficient (Wildman–Crippen LogP) is 3.55. The van der Waals surface area contributed by atoms with E-state index in [-0.39, 0.29) is 33.5 Å². The van der Waals surface area contributed by atoms with Crippen molar-refractivity contribution in [1.82, 2.24) is 4.98 Å². The van der Waals surface area contributed by atoms with E-state index in [1.165, 1.54) is 42.5 Å². The van der Waals surface area contributed by atoms with E-state index in [2.05, 4.69) is 15.6 Å². The molecule has 32 heavy (non-hydrogen) atoms. The average molecular weight is 475 g/mol. The molecular weight excluding hydrogens is 456 g/mol. The fourth-order valence-corrected chi connectivity index (χ4v) is 4.28. The molecule has 3 rings (SSSR count). The first-order valence-electron chi connectivity index (χ1n) is 9.02. The molecule has 0 unspecified atom stereocenters. The molecule has 0 atom stereocenters. The highest BCUT2D eigenvalue weighted by molar-refractivity contribution is 7.86. The molecule has 12 heteroatoms. The molecule has 0 radical (unpaired) electrons. The molecule has 0 saturated carbocycles. The molecule has 0 aliphatic carbocycles. The van der Waals surface area contributed by atoms with Crippen molar-refractivity contribution in [2.24, 2.45) is 0 Å². The van der Waals surface area contributed by atoms with Crippen LogP contribution in [0.3, 0.4) is 0 Å². The zero-order valence-electron chi connectivity index (χ0n) is 16.9. The molecule has 0 aliphatic rings. The van der Waals surface area contributed by atoms with Crippen LogP contribution in [0, 0.1) is 25.2 Å². The smallest absolute Gasteiger partial charge is 0.296 e. The number of rotatable bonds is 6. The van der Waals surface area contributed by atoms with Gasteiger partial charge < -0.3 is 10.6 Å². The molecule has 4 N–H and O–H groups in total. The van der Waals surface area contributed by atoms with Crippen LogP contribution >= 0.6 is 0 Å². The molecule has 3 aromatic rings. The van der Waals surface area contributed by atoms with Crippen molar-refractivity contribution in [2.75, 3.05) is 10.6 Å². The van der Waals surface area contributed by atoms with Crippen LogP contribution in [0.2, 0.25) is 0 Å². The molecule has 10 nitrogen and oxygen atoms in total. The number of benzene rings is 2.